The summed E-state index contributed by atoms with van der Waals surface area (Å²) in [6.07, 6.45) is 1.24. The van der Waals surface area contributed by atoms with E-state index in [1.807, 2.05) is 0 Å². The molecule has 2 heterocycles. The molecule has 0 aromatic heterocycles. The molecule has 8 heteroatoms. The summed E-state index contributed by atoms with van der Waals surface area (Å²) in [6.45, 7) is -0.258. The Kier molecular flexibility index (Phi) is 3.55. The first-order valence-electron chi connectivity index (χ1n) is 5.70. The average molecular weight is 287 g/mol. The van der Waals surface area contributed by atoms with Gasteiger partial charge in [0.25, 0.3) is 0 Å². The number of thioether (sulfide) groups is 1. The van der Waals surface area contributed by atoms with E-state index in [9.17, 15) is 19.5 Å². The molecule has 0 radical (unpaired) electrons. The number of carboxylic acids is 1. The lowest BCUT2D eigenvalue weighted by Gasteiger charge is -2.48. The maximum Gasteiger partial charge on any atom is 0.413 e. The number of hydrogen-bond acceptors (Lipinski definition) is 5. The molecule has 2 atom stereocenters. The van der Waals surface area contributed by atoms with Crippen LogP contribution < -0.4 is 0 Å². The van der Waals surface area contributed by atoms with Crippen LogP contribution in [0.25, 0.3) is 0 Å². The zero-order valence-electron chi connectivity index (χ0n) is 10.7. The molecule has 1 saturated heterocycles. The van der Waals surface area contributed by atoms with Gasteiger partial charge in [0.05, 0.1) is 0 Å². The molecule has 0 bridgehead atoms. The highest BCUT2D eigenvalue weighted by molar-refractivity contribution is 8.00. The molecule has 0 saturated carbocycles. The van der Waals surface area contributed by atoms with Crippen molar-refractivity contribution in [3.63, 3.8) is 0 Å². The molecular formula is C11H15N2O5S+. The molecule has 1 fully saturated rings. The Hall–Kier alpha value is -1.54. The number of amides is 2. The van der Waals surface area contributed by atoms with Crippen LogP contribution in [0, 0.1) is 0 Å². The highest BCUT2D eigenvalue weighted by Crippen LogP contribution is 2.45. The second-order valence-corrected chi connectivity index (χ2v) is 5.79. The van der Waals surface area contributed by atoms with Crippen molar-refractivity contribution in [3.8, 4) is 0 Å². The maximum atomic E-state index is 11.9. The highest BCUT2D eigenvalue weighted by atomic mass is 32.2. The summed E-state index contributed by atoms with van der Waals surface area (Å²) in [5, 5.41) is 9.05. The summed E-state index contributed by atoms with van der Waals surface area (Å²) in [6, 6.07) is 0. The number of rotatable bonds is 3. The van der Waals surface area contributed by atoms with Gasteiger partial charge in [-0.15, -0.1) is 0 Å². The molecule has 2 aliphatic rings. The quantitative estimate of drug-likeness (QED) is 0.598. The zero-order valence-corrected chi connectivity index (χ0v) is 11.5. The Morgan fingerprint density at radius 3 is 2.79 bits per heavy atom. The summed E-state index contributed by atoms with van der Waals surface area (Å²) in [5.41, 5.74) is 0.00607. The number of hydrogen-bond donors (Lipinski definition) is 1. The van der Waals surface area contributed by atoms with E-state index in [-0.39, 0.29) is 28.2 Å². The minimum absolute atomic E-state index is 0.00607. The molecule has 1 N–H and O–H groups in total. The number of carbonyl (C=O) groups excluding carboxylic acids is 2. The van der Waals surface area contributed by atoms with E-state index in [2.05, 4.69) is 0 Å². The van der Waals surface area contributed by atoms with Gasteiger partial charge in [-0.1, -0.05) is 11.8 Å². The van der Waals surface area contributed by atoms with E-state index in [0.29, 0.717) is 12.2 Å². The van der Waals surface area contributed by atoms with Crippen molar-refractivity contribution in [2.24, 2.45) is 0 Å². The average Bonchev–Trinajstić information content (AvgIpc) is 2.34. The second-order valence-electron chi connectivity index (χ2n) is 4.58. The number of carboxylic acid groups (broad SMARTS) is 1. The molecule has 19 heavy (non-hydrogen) atoms. The van der Waals surface area contributed by atoms with Crippen LogP contribution >= 0.6 is 11.8 Å². The predicted molar refractivity (Wildman–Crippen MR) is 66.9 cm³/mol. The fourth-order valence-corrected chi connectivity index (χ4v) is 3.44. The second kappa shape index (κ2) is 4.86. The van der Waals surface area contributed by atoms with E-state index < -0.39 is 12.1 Å². The van der Waals surface area contributed by atoms with Crippen LogP contribution in [0.4, 0.5) is 4.79 Å². The normalized spacial score (nSPS) is 28.8. The van der Waals surface area contributed by atoms with Crippen molar-refractivity contribution in [3.05, 3.63) is 11.8 Å². The number of ether oxygens (including phenoxy) is 1. The van der Waals surface area contributed by atoms with Crippen molar-refractivity contribution >= 4 is 29.7 Å². The summed E-state index contributed by atoms with van der Waals surface area (Å²) in [7, 11) is 3.05. The Balaban J connectivity index is 2.23. The Bertz CT molecular complexity index is 476. The van der Waals surface area contributed by atoms with Crippen molar-refractivity contribution in [1.82, 2.24) is 4.90 Å². The number of carbonyl (C=O) groups is 3. The van der Waals surface area contributed by atoms with Gasteiger partial charge < -0.3 is 14.7 Å². The molecule has 0 aliphatic carbocycles. The molecule has 2 aliphatic heterocycles. The van der Waals surface area contributed by atoms with Crippen molar-refractivity contribution in [2.75, 3.05) is 26.6 Å². The lowest BCUT2D eigenvalue weighted by molar-refractivity contribution is -0.869. The van der Waals surface area contributed by atoms with Crippen molar-refractivity contribution < 1.29 is 28.7 Å². The Morgan fingerprint density at radius 1 is 1.58 bits per heavy atom. The van der Waals surface area contributed by atoms with Gasteiger partial charge in [-0.05, 0) is 6.08 Å². The number of fused-ring (bicyclic) bond motifs is 1. The highest BCUT2D eigenvalue weighted by Gasteiger charge is 2.62. The first-order valence-corrected chi connectivity index (χ1v) is 6.75. The van der Waals surface area contributed by atoms with Crippen LogP contribution in [0.1, 0.15) is 6.42 Å². The van der Waals surface area contributed by atoms with E-state index in [1.165, 1.54) is 36.8 Å². The first kappa shape index (κ1) is 13.9. The van der Waals surface area contributed by atoms with Crippen LogP contribution in [0.3, 0.4) is 0 Å². The molecule has 104 valence electrons. The smallest absolute Gasteiger partial charge is 0.413 e. The van der Waals surface area contributed by atoms with E-state index in [0.717, 1.165) is 0 Å². The largest absolute Gasteiger partial charge is 0.474 e. The van der Waals surface area contributed by atoms with E-state index in [1.54, 1.807) is 0 Å². The Labute approximate surface area is 114 Å². The number of nitrogens with zero attached hydrogens (tertiary/aromatic N) is 2. The molecule has 0 aromatic rings. The zero-order chi connectivity index (χ0) is 14.2. The van der Waals surface area contributed by atoms with Crippen LogP contribution in [0.15, 0.2) is 11.8 Å². The molecule has 0 spiro atoms. The van der Waals surface area contributed by atoms with Gasteiger partial charge in [0.1, 0.15) is 6.42 Å². The summed E-state index contributed by atoms with van der Waals surface area (Å²) in [5.74, 6) is -0.807. The monoisotopic (exact) mass is 287 g/mol. The van der Waals surface area contributed by atoms with E-state index in [4.69, 9.17) is 4.74 Å². The first-order chi connectivity index (χ1) is 8.89. The number of β-lactam (4-membered cyclic amide) rings is 1. The molecule has 0 aromatic carbocycles. The van der Waals surface area contributed by atoms with Crippen LogP contribution in [-0.4, -0.2) is 64.4 Å². The van der Waals surface area contributed by atoms with Gasteiger partial charge in [-0.25, -0.2) is 14.4 Å². The van der Waals surface area contributed by atoms with Gasteiger partial charge in [-0.2, -0.15) is 4.48 Å². The fourth-order valence-electron chi connectivity index (χ4n) is 2.16. The lowest BCUT2D eigenvalue weighted by atomic mass is 10.1. The van der Waals surface area contributed by atoms with Gasteiger partial charge in [0.2, 0.25) is 12.4 Å². The molecular weight excluding hydrogens is 272 g/mol. The maximum absolute atomic E-state index is 11.9. The lowest BCUT2D eigenvalue weighted by Crippen LogP contribution is -2.70. The topological polar surface area (TPSA) is 83.9 Å². The fraction of sp³-hybridized carbons (Fsp3) is 0.545. The van der Waals surface area contributed by atoms with Gasteiger partial charge in [0.15, 0.2) is 5.37 Å². The molecule has 2 amide bonds. The van der Waals surface area contributed by atoms with Crippen LogP contribution in [0.2, 0.25) is 0 Å². The van der Waals surface area contributed by atoms with Gasteiger partial charge in [-0.3, -0.25) is 0 Å². The predicted octanol–water partition coefficient (Wildman–Crippen LogP) is 0.431. The summed E-state index contributed by atoms with van der Waals surface area (Å²) in [4.78, 5) is 35.9. The van der Waals surface area contributed by atoms with Crippen molar-refractivity contribution in [1.29, 1.82) is 0 Å². The standard InChI is InChI=1S/C11H14N2O5S/c1-12(2)11(17)18-6-13-7(10(15)16)3-4-19-9(13)5-8(13)14/h3,9H,4-6H2,1-2H3/p+1/t9-,13?/m1/s1. The molecule has 7 nitrogen and oxygen atoms in total. The van der Waals surface area contributed by atoms with Crippen LogP contribution in [-0.2, 0) is 14.3 Å². The molecule has 1 unspecified atom stereocenters. The minimum atomic E-state index is -1.14. The minimum Gasteiger partial charge on any atom is -0.474 e. The van der Waals surface area contributed by atoms with Gasteiger partial charge in [0, 0.05) is 19.8 Å². The third kappa shape index (κ3) is 2.10. The van der Waals surface area contributed by atoms with Crippen LogP contribution in [0.5, 0.6) is 0 Å². The summed E-state index contributed by atoms with van der Waals surface area (Å²) >= 11 is 1.50. The summed E-state index contributed by atoms with van der Waals surface area (Å²) < 4.78 is 4.65. The van der Waals surface area contributed by atoms with Crippen molar-refractivity contribution in [2.45, 2.75) is 11.8 Å². The third-order valence-corrected chi connectivity index (χ3v) is 4.53. The molecule has 2 rings (SSSR count). The number of quaternary nitrogens is 1. The van der Waals surface area contributed by atoms with E-state index >= 15 is 0 Å². The van der Waals surface area contributed by atoms with Gasteiger partial charge >= 0.3 is 18.0 Å². The Morgan fingerprint density at radius 2 is 2.26 bits per heavy atom. The third-order valence-electron chi connectivity index (χ3n) is 3.26. The number of aliphatic carboxylic acids is 1. The SMILES string of the molecule is CN(C)C(=O)OC[N+]12C(=O)C[C@H]1SCC=C2C(=O)O.